The number of piperidine rings is 1. The lowest BCUT2D eigenvalue weighted by molar-refractivity contribution is -0.384. The van der Waals surface area contributed by atoms with E-state index < -0.39 is 40.1 Å². The number of nitrogens with zero attached hydrogens (tertiary/aromatic N) is 2. The summed E-state index contributed by atoms with van der Waals surface area (Å²) in [5, 5.41) is 13.4. The average molecular weight is 359 g/mol. The number of hydrogen-bond donors (Lipinski definition) is 1. The van der Waals surface area contributed by atoms with E-state index in [0.717, 1.165) is 5.69 Å². The monoisotopic (exact) mass is 359 g/mol. The Hall–Kier alpha value is -2.81. The lowest BCUT2D eigenvalue weighted by Crippen LogP contribution is -2.71. The van der Waals surface area contributed by atoms with Gasteiger partial charge in [-0.15, -0.1) is 0 Å². The zero-order chi connectivity index (χ0) is 18.6. The molecule has 0 saturated carbocycles. The molecule has 3 aliphatic rings. The first-order chi connectivity index (χ1) is 12.3. The first kappa shape index (κ1) is 16.6. The van der Waals surface area contributed by atoms with Crippen LogP contribution in [0, 0.1) is 15.5 Å². The number of amides is 2. The van der Waals surface area contributed by atoms with Gasteiger partial charge in [0.1, 0.15) is 5.41 Å². The van der Waals surface area contributed by atoms with Gasteiger partial charge in [-0.3, -0.25) is 29.8 Å². The van der Waals surface area contributed by atoms with Crippen LogP contribution in [0.15, 0.2) is 18.2 Å². The SMILES string of the molecule is CC1OCCN2c3ccc([N+](=O)[O-])cc3CC3(C(=O)CC(=O)NC3=O)[C@H]12. The van der Waals surface area contributed by atoms with Crippen LogP contribution in [0.2, 0.25) is 0 Å². The normalized spacial score (nSPS) is 30.7. The number of morpholine rings is 1. The number of carbonyl (C=O) groups is 3. The van der Waals surface area contributed by atoms with Gasteiger partial charge in [-0.2, -0.15) is 0 Å². The Bertz CT molecular complexity index is 831. The number of non-ortho nitro benzene ring substituents is 1. The molecule has 136 valence electrons. The van der Waals surface area contributed by atoms with E-state index >= 15 is 0 Å². The average Bonchev–Trinajstić information content (AvgIpc) is 2.59. The van der Waals surface area contributed by atoms with Crippen molar-refractivity contribution >= 4 is 29.0 Å². The highest BCUT2D eigenvalue weighted by atomic mass is 16.6. The molecule has 0 bridgehead atoms. The summed E-state index contributed by atoms with van der Waals surface area (Å²) in [5.74, 6) is -1.73. The molecule has 9 heteroatoms. The van der Waals surface area contributed by atoms with Crippen LogP contribution in [0.25, 0.3) is 0 Å². The molecule has 3 aliphatic heterocycles. The molecule has 26 heavy (non-hydrogen) atoms. The molecule has 1 aromatic rings. The molecule has 3 heterocycles. The minimum absolute atomic E-state index is 0.0107. The van der Waals surface area contributed by atoms with Gasteiger partial charge in [-0.1, -0.05) is 0 Å². The maximum absolute atomic E-state index is 12.9. The molecule has 2 saturated heterocycles. The maximum atomic E-state index is 12.9. The number of ether oxygens (including phenoxy) is 1. The molecule has 9 nitrogen and oxygen atoms in total. The van der Waals surface area contributed by atoms with Gasteiger partial charge in [0.05, 0.1) is 30.1 Å². The minimum Gasteiger partial charge on any atom is -0.374 e. The molecule has 1 N–H and O–H groups in total. The molecule has 1 aromatic carbocycles. The summed E-state index contributed by atoms with van der Waals surface area (Å²) >= 11 is 0. The second-order valence-corrected chi connectivity index (χ2v) is 6.91. The molecular weight excluding hydrogens is 342 g/mol. The van der Waals surface area contributed by atoms with Gasteiger partial charge in [-0.05, 0) is 25.0 Å². The Morgan fingerprint density at radius 1 is 1.35 bits per heavy atom. The van der Waals surface area contributed by atoms with Gasteiger partial charge < -0.3 is 9.64 Å². The summed E-state index contributed by atoms with van der Waals surface area (Å²) in [4.78, 5) is 50.0. The highest BCUT2D eigenvalue weighted by Crippen LogP contribution is 2.47. The Kier molecular flexibility index (Phi) is 3.58. The Balaban J connectivity index is 1.91. The van der Waals surface area contributed by atoms with Crippen LogP contribution in [-0.4, -0.2) is 47.8 Å². The topological polar surface area (TPSA) is 119 Å². The number of fused-ring (bicyclic) bond motifs is 4. The van der Waals surface area contributed by atoms with Crippen molar-refractivity contribution in [2.45, 2.75) is 31.9 Å². The van der Waals surface area contributed by atoms with Crippen molar-refractivity contribution in [3.63, 3.8) is 0 Å². The van der Waals surface area contributed by atoms with Gasteiger partial charge in [0.25, 0.3) is 5.69 Å². The number of hydrogen-bond acceptors (Lipinski definition) is 7. The maximum Gasteiger partial charge on any atom is 0.269 e. The lowest BCUT2D eigenvalue weighted by Gasteiger charge is -2.54. The van der Waals surface area contributed by atoms with Crippen molar-refractivity contribution < 1.29 is 24.0 Å². The smallest absolute Gasteiger partial charge is 0.269 e. The Morgan fingerprint density at radius 2 is 2.12 bits per heavy atom. The van der Waals surface area contributed by atoms with Crippen molar-refractivity contribution in [2.24, 2.45) is 5.41 Å². The highest BCUT2D eigenvalue weighted by Gasteiger charge is 2.61. The largest absolute Gasteiger partial charge is 0.374 e. The first-order valence-electron chi connectivity index (χ1n) is 8.38. The molecule has 1 spiro atoms. The zero-order valence-electron chi connectivity index (χ0n) is 14.1. The Morgan fingerprint density at radius 3 is 2.81 bits per heavy atom. The molecule has 3 atom stereocenters. The van der Waals surface area contributed by atoms with E-state index in [1.165, 1.54) is 12.1 Å². The molecular formula is C17H17N3O6. The van der Waals surface area contributed by atoms with Crippen molar-refractivity contribution in [3.05, 3.63) is 33.9 Å². The van der Waals surface area contributed by atoms with E-state index in [9.17, 15) is 24.5 Å². The fourth-order valence-corrected chi connectivity index (χ4v) is 4.46. The van der Waals surface area contributed by atoms with E-state index in [1.54, 1.807) is 13.0 Å². The van der Waals surface area contributed by atoms with Crippen molar-refractivity contribution in [1.82, 2.24) is 5.32 Å². The molecule has 0 aliphatic carbocycles. The second kappa shape index (κ2) is 5.60. The van der Waals surface area contributed by atoms with Gasteiger partial charge in [0.15, 0.2) is 5.78 Å². The number of anilines is 1. The third kappa shape index (κ3) is 2.16. The van der Waals surface area contributed by atoms with E-state index in [2.05, 4.69) is 5.32 Å². The van der Waals surface area contributed by atoms with Crippen LogP contribution in [0.4, 0.5) is 11.4 Å². The van der Waals surface area contributed by atoms with Gasteiger partial charge in [0.2, 0.25) is 11.8 Å². The fourth-order valence-electron chi connectivity index (χ4n) is 4.46. The number of ketones is 1. The predicted octanol–water partition coefficient (Wildman–Crippen LogP) is 0.347. The summed E-state index contributed by atoms with van der Waals surface area (Å²) in [6.07, 6.45) is -0.779. The predicted molar refractivity (Wildman–Crippen MR) is 88.6 cm³/mol. The number of rotatable bonds is 1. The summed E-state index contributed by atoms with van der Waals surface area (Å²) < 4.78 is 5.71. The van der Waals surface area contributed by atoms with E-state index in [-0.39, 0.29) is 18.5 Å². The number of nitro groups is 1. The van der Waals surface area contributed by atoms with Crippen molar-refractivity contribution in [3.8, 4) is 0 Å². The quantitative estimate of drug-likeness (QED) is 0.332. The van der Waals surface area contributed by atoms with E-state index in [0.29, 0.717) is 18.7 Å². The molecule has 0 radical (unpaired) electrons. The van der Waals surface area contributed by atoms with Crippen molar-refractivity contribution in [1.29, 1.82) is 0 Å². The number of Topliss-reactive ketones (excluding diaryl/α,β-unsaturated/α-hetero) is 1. The number of benzene rings is 1. The molecule has 2 amide bonds. The van der Waals surface area contributed by atoms with Crippen LogP contribution < -0.4 is 10.2 Å². The summed E-state index contributed by atoms with van der Waals surface area (Å²) in [7, 11) is 0. The van der Waals surface area contributed by atoms with Crippen LogP contribution in [0.1, 0.15) is 18.9 Å². The minimum atomic E-state index is -1.49. The van der Waals surface area contributed by atoms with Gasteiger partial charge in [-0.25, -0.2) is 0 Å². The van der Waals surface area contributed by atoms with Crippen molar-refractivity contribution in [2.75, 3.05) is 18.1 Å². The standard InChI is InChI=1S/C17H17N3O6/c1-9-15-17(13(21)7-14(22)18-16(17)23)8-10-6-11(20(24)25)2-3-12(10)19(15)4-5-26-9/h2-3,6,9,15H,4-5,7-8H2,1H3,(H,18,22,23)/t9?,15-,17?/m0/s1. The number of nitro benzene ring substituents is 1. The molecule has 2 fully saturated rings. The first-order valence-corrected chi connectivity index (χ1v) is 8.38. The van der Waals surface area contributed by atoms with E-state index in [4.69, 9.17) is 4.74 Å². The number of imide groups is 1. The number of carbonyl (C=O) groups excluding carboxylic acids is 3. The van der Waals surface area contributed by atoms with E-state index in [1.807, 2.05) is 4.90 Å². The number of nitrogens with one attached hydrogen (secondary N) is 1. The summed E-state index contributed by atoms with van der Waals surface area (Å²) in [5.41, 5.74) is -0.268. The summed E-state index contributed by atoms with van der Waals surface area (Å²) in [6.45, 7) is 2.67. The molecule has 2 unspecified atom stereocenters. The van der Waals surface area contributed by atoms with Crippen LogP contribution >= 0.6 is 0 Å². The third-order valence-corrected chi connectivity index (χ3v) is 5.53. The Labute approximate surface area is 148 Å². The lowest BCUT2D eigenvalue weighted by atomic mass is 9.63. The summed E-state index contributed by atoms with van der Waals surface area (Å²) in [6, 6.07) is 3.91. The van der Waals surface area contributed by atoms with Gasteiger partial charge in [0, 0.05) is 24.4 Å². The van der Waals surface area contributed by atoms with Crippen LogP contribution in [0.5, 0.6) is 0 Å². The highest BCUT2D eigenvalue weighted by molar-refractivity contribution is 6.22. The zero-order valence-corrected chi connectivity index (χ0v) is 14.1. The molecule has 0 aromatic heterocycles. The van der Waals surface area contributed by atoms with Gasteiger partial charge >= 0.3 is 0 Å². The van der Waals surface area contributed by atoms with Crippen LogP contribution in [-0.2, 0) is 25.5 Å². The fraction of sp³-hybridized carbons (Fsp3) is 0.471. The molecule has 4 rings (SSSR count). The second-order valence-electron chi connectivity index (χ2n) is 6.91. The third-order valence-electron chi connectivity index (χ3n) is 5.53. The van der Waals surface area contributed by atoms with Crippen LogP contribution in [0.3, 0.4) is 0 Å².